The second kappa shape index (κ2) is 28.2. The normalized spacial score (nSPS) is 33.8. The van der Waals surface area contributed by atoms with Gasteiger partial charge in [0.2, 0.25) is 5.91 Å². The quantitative estimate of drug-likeness (QED) is 0.0868. The monoisotopic (exact) mass is 992 g/mol. The highest BCUT2D eigenvalue weighted by Crippen LogP contribution is 2.39. The lowest BCUT2D eigenvalue weighted by molar-refractivity contribution is -0.344. The molecule has 0 radical (unpaired) electrons. The Bertz CT molecular complexity index is 1820. The average Bonchev–Trinajstić information content (AvgIpc) is 3.29. The molecule has 3 saturated heterocycles. The molecule has 3 aliphatic heterocycles. The maximum absolute atomic E-state index is 13.8. The third kappa shape index (κ3) is 17.0. The molecule has 0 bridgehead atoms. The number of hydrogen-bond acceptors (Lipinski definition) is 18. The number of benzene rings is 1. The molecule has 0 saturated carbocycles. The predicted molar refractivity (Wildman–Crippen MR) is 255 cm³/mol. The number of aliphatic hydroxyl groups excluding tert-OH is 1. The number of unbranched alkanes of at least 4 members (excludes halogenated alkanes) is 1. The van der Waals surface area contributed by atoms with Gasteiger partial charge in [-0.25, -0.2) is 0 Å². The number of amides is 1. The maximum Gasteiger partial charge on any atom is 0.306 e. The van der Waals surface area contributed by atoms with Crippen molar-refractivity contribution in [2.45, 2.75) is 192 Å². The van der Waals surface area contributed by atoms with E-state index in [1.165, 1.54) is 26.5 Å². The number of aldehydes is 1. The summed E-state index contributed by atoms with van der Waals surface area (Å²) in [5.41, 5.74) is -0.0921. The molecule has 0 spiro atoms. The van der Waals surface area contributed by atoms with E-state index in [9.17, 15) is 33.9 Å². The lowest BCUT2D eigenvalue weighted by Gasteiger charge is -2.50. The van der Waals surface area contributed by atoms with Crippen LogP contribution >= 0.6 is 0 Å². The molecule has 3 heterocycles. The summed E-state index contributed by atoms with van der Waals surface area (Å²) in [6.07, 6.45) is -8.01. The smallest absolute Gasteiger partial charge is 0.306 e. The van der Waals surface area contributed by atoms with Gasteiger partial charge in [0.1, 0.15) is 36.8 Å². The first-order valence-electron chi connectivity index (χ1n) is 24.9. The van der Waals surface area contributed by atoms with Crippen LogP contribution in [0.25, 0.3) is 0 Å². The minimum absolute atomic E-state index is 0.000102. The van der Waals surface area contributed by atoms with Crippen LogP contribution in [0.3, 0.4) is 0 Å². The molecule has 3 aliphatic rings. The van der Waals surface area contributed by atoms with Gasteiger partial charge in [-0.15, -0.1) is 0 Å². The topological polar surface area (TPSA) is 224 Å². The highest BCUT2D eigenvalue weighted by molar-refractivity contribution is 5.77. The van der Waals surface area contributed by atoms with Gasteiger partial charge in [0.15, 0.2) is 24.3 Å². The van der Waals surface area contributed by atoms with E-state index in [1.54, 1.807) is 53.6 Å². The summed E-state index contributed by atoms with van der Waals surface area (Å²) in [6, 6.07) is 9.39. The second-order valence-electron chi connectivity index (χ2n) is 19.4. The predicted octanol–water partition coefficient (Wildman–Crippen LogP) is 3.92. The van der Waals surface area contributed by atoms with Gasteiger partial charge in [-0.05, 0) is 84.5 Å². The van der Waals surface area contributed by atoms with Crippen molar-refractivity contribution in [3.63, 3.8) is 0 Å². The Morgan fingerprint density at radius 3 is 2.20 bits per heavy atom. The summed E-state index contributed by atoms with van der Waals surface area (Å²) in [5.74, 6) is -3.63. The van der Waals surface area contributed by atoms with Crippen molar-refractivity contribution in [1.82, 2.24) is 15.1 Å². The van der Waals surface area contributed by atoms with Crippen LogP contribution in [-0.4, -0.2) is 178 Å². The summed E-state index contributed by atoms with van der Waals surface area (Å²) in [5, 5.41) is 15.3. The van der Waals surface area contributed by atoms with Crippen molar-refractivity contribution in [2.24, 2.45) is 11.8 Å². The minimum atomic E-state index is -1.43. The summed E-state index contributed by atoms with van der Waals surface area (Å²) >= 11 is 0. The number of aryl methyl sites for hydroxylation is 1. The molecule has 396 valence electrons. The van der Waals surface area contributed by atoms with Gasteiger partial charge in [-0.3, -0.25) is 28.9 Å². The Labute approximate surface area is 414 Å². The number of methoxy groups -OCH3 is 1. The van der Waals surface area contributed by atoms with E-state index in [0.29, 0.717) is 19.6 Å². The third-order valence-corrected chi connectivity index (χ3v) is 13.5. The van der Waals surface area contributed by atoms with Gasteiger partial charge >= 0.3 is 23.9 Å². The van der Waals surface area contributed by atoms with Crippen molar-refractivity contribution in [3.8, 4) is 0 Å². The highest BCUT2D eigenvalue weighted by atomic mass is 16.7. The third-order valence-electron chi connectivity index (χ3n) is 13.5. The molecule has 1 aromatic rings. The molecular weight excluding hydrogens is 911 g/mol. The number of aliphatic hydroxyl groups is 1. The molecule has 70 heavy (non-hydrogen) atoms. The van der Waals surface area contributed by atoms with Crippen LogP contribution in [0.15, 0.2) is 30.3 Å². The number of esters is 4. The first-order chi connectivity index (χ1) is 33.2. The molecule has 5 unspecified atom stereocenters. The van der Waals surface area contributed by atoms with Crippen LogP contribution in [0.2, 0.25) is 0 Å². The molecular formula is C51H81N3O16. The summed E-state index contributed by atoms with van der Waals surface area (Å²) < 4.78 is 55.8. The number of likely N-dealkylation sites (N-methyl/N-ethyl adjacent to an activating group) is 1. The zero-order valence-corrected chi connectivity index (χ0v) is 43.2. The summed E-state index contributed by atoms with van der Waals surface area (Å²) in [4.78, 5) is 81.0. The second-order valence-corrected chi connectivity index (χ2v) is 19.4. The molecule has 15 atom stereocenters. The lowest BCUT2D eigenvalue weighted by Crippen LogP contribution is -2.66. The van der Waals surface area contributed by atoms with Crippen LogP contribution in [0.4, 0.5) is 0 Å². The Morgan fingerprint density at radius 2 is 1.59 bits per heavy atom. The fourth-order valence-corrected chi connectivity index (χ4v) is 10.1. The van der Waals surface area contributed by atoms with Gasteiger partial charge in [0.05, 0.1) is 30.8 Å². The molecule has 0 aliphatic carbocycles. The number of ether oxygens (including phenoxy) is 9. The lowest BCUT2D eigenvalue weighted by atomic mass is 9.82. The number of hydrogen-bond donors (Lipinski definition) is 2. The summed E-state index contributed by atoms with van der Waals surface area (Å²) in [7, 11) is 4.90. The molecule has 3 fully saturated rings. The van der Waals surface area contributed by atoms with Crippen molar-refractivity contribution in [1.29, 1.82) is 0 Å². The fourth-order valence-electron chi connectivity index (χ4n) is 10.1. The van der Waals surface area contributed by atoms with Gasteiger partial charge in [0.25, 0.3) is 0 Å². The number of carbonyl (C=O) groups is 6. The standard InChI is InChI=1S/C51H81N3O16/c1-12-41(59)66-38-28-40(58)52-23-25-54(24-18-17-21-36-19-15-14-16-20-36)30-39(65-34(6)56)31(3)27-37(22-26-55)47(48(38)62-11)69-50-45(61)44(53(9)10)46(32(4)64-50)68-43-29-51(8,70-35(7)57)49(33(5)63-43)67-42(60)13-2/h14-16,19-20,26,31-33,37-39,43-50,61H,12-13,17-18,21-25,27-30H2,1-11H3,(H,52,58)/t31-,32?,33?,37+,38-,39+,43+,44?,45?,46+,47+,48+,49+,50+,51?/m1/s1. The number of nitrogens with zero attached hydrogens (tertiary/aromatic N) is 2. The molecule has 4 rings (SSSR count). The molecule has 1 aromatic carbocycles. The van der Waals surface area contributed by atoms with E-state index in [0.717, 1.165) is 25.5 Å². The van der Waals surface area contributed by atoms with E-state index in [2.05, 4.69) is 22.3 Å². The number of carbonyl (C=O) groups excluding carboxylic acids is 6. The van der Waals surface area contributed by atoms with E-state index in [-0.39, 0.29) is 51.0 Å². The number of nitrogens with one attached hydrogen (secondary N) is 1. The first-order valence-corrected chi connectivity index (χ1v) is 24.9. The van der Waals surface area contributed by atoms with E-state index in [1.807, 2.05) is 25.1 Å². The average molecular weight is 992 g/mol. The molecule has 19 nitrogen and oxygen atoms in total. The van der Waals surface area contributed by atoms with Crippen molar-refractivity contribution >= 4 is 36.1 Å². The van der Waals surface area contributed by atoms with E-state index < -0.39 is 115 Å². The van der Waals surface area contributed by atoms with Crippen LogP contribution in [0.5, 0.6) is 0 Å². The van der Waals surface area contributed by atoms with E-state index in [4.69, 9.17) is 42.6 Å². The van der Waals surface area contributed by atoms with E-state index >= 15 is 0 Å². The molecule has 0 aromatic heterocycles. The SMILES string of the molecule is CCC(=O)O[C@@H]1CC(=O)NCCN(CCCCc2ccccc2)C[C@H](OC(C)=O)[C@H](C)C[C@H](CC=O)[C@H](O[C@@H]2OC(C)[C@H](O[C@H]3CC(C)(OC(C)=O)[C@@H](OC(=O)CC)C(C)O3)C(N(C)C)C2O)[C@H]1OC. The van der Waals surface area contributed by atoms with Gasteiger partial charge in [0, 0.05) is 66.3 Å². The van der Waals surface area contributed by atoms with Gasteiger partial charge in [-0.1, -0.05) is 51.1 Å². The highest BCUT2D eigenvalue weighted by Gasteiger charge is 2.54. The summed E-state index contributed by atoms with van der Waals surface area (Å²) in [6.45, 7) is 14.7. The Morgan fingerprint density at radius 1 is 0.900 bits per heavy atom. The minimum Gasteiger partial charge on any atom is -0.461 e. The Balaban J connectivity index is 1.69. The largest absolute Gasteiger partial charge is 0.461 e. The molecule has 2 N–H and O–H groups in total. The maximum atomic E-state index is 13.8. The zero-order valence-electron chi connectivity index (χ0n) is 43.2. The van der Waals surface area contributed by atoms with Crippen molar-refractivity contribution in [2.75, 3.05) is 47.4 Å². The zero-order chi connectivity index (χ0) is 51.7. The van der Waals surface area contributed by atoms with Crippen LogP contribution < -0.4 is 5.32 Å². The Kier molecular flexibility index (Phi) is 23.6. The van der Waals surface area contributed by atoms with Crippen molar-refractivity contribution < 1.29 is 76.5 Å². The Hall–Kier alpha value is -4.08. The van der Waals surface area contributed by atoms with Crippen molar-refractivity contribution in [3.05, 3.63) is 35.9 Å². The van der Waals surface area contributed by atoms with Gasteiger partial charge in [-0.2, -0.15) is 0 Å². The fraction of sp³-hybridized carbons (Fsp3) is 0.765. The molecule has 1 amide bonds. The van der Waals surface area contributed by atoms with Gasteiger partial charge < -0.3 is 62.7 Å². The first kappa shape index (κ1) is 58.5. The van der Waals surface area contributed by atoms with Crippen LogP contribution in [-0.2, 0) is 77.8 Å². The van der Waals surface area contributed by atoms with Crippen LogP contribution in [0.1, 0.15) is 112 Å². The number of rotatable bonds is 19. The van der Waals surface area contributed by atoms with Crippen LogP contribution in [0, 0.1) is 11.8 Å². The molecule has 19 heteroatoms.